The molecule has 0 spiro atoms. The fourth-order valence-electron chi connectivity index (χ4n) is 3.36. The van der Waals surface area contributed by atoms with Crippen molar-refractivity contribution < 1.29 is 13.2 Å². The maximum absolute atomic E-state index is 12.8. The molecule has 1 amide bonds. The Hall–Kier alpha value is -2.42. The monoisotopic (exact) mass is 430 g/mol. The molecule has 0 unspecified atom stereocenters. The normalized spacial score (nSPS) is 15.7. The lowest BCUT2D eigenvalue weighted by atomic mass is 10.2. The van der Waals surface area contributed by atoms with Crippen LogP contribution in [0.2, 0.25) is 0 Å². The Bertz CT molecular complexity index is 949. The van der Waals surface area contributed by atoms with E-state index in [2.05, 4.69) is 5.32 Å². The molecule has 162 valence electrons. The van der Waals surface area contributed by atoms with E-state index < -0.39 is 10.0 Å². The van der Waals surface area contributed by atoms with Crippen LogP contribution in [0.25, 0.3) is 0 Å². The van der Waals surface area contributed by atoms with Gasteiger partial charge in [-0.25, -0.2) is 8.42 Å². The quantitative estimate of drug-likeness (QED) is 0.724. The lowest BCUT2D eigenvalue weighted by Crippen LogP contribution is -2.50. The molecule has 1 fully saturated rings. The van der Waals surface area contributed by atoms with Crippen molar-refractivity contribution in [1.82, 2.24) is 14.5 Å². The topological polar surface area (TPSA) is 73.0 Å². The second kappa shape index (κ2) is 9.59. The number of piperazine rings is 1. The minimum atomic E-state index is -3.48. The van der Waals surface area contributed by atoms with Crippen molar-refractivity contribution in [2.24, 2.45) is 0 Å². The zero-order valence-electron chi connectivity index (χ0n) is 17.8. The van der Waals surface area contributed by atoms with Gasteiger partial charge in [0.25, 0.3) is 0 Å². The molecule has 8 heteroatoms. The standard InChI is InChI=1S/C22H30N4O3S/c1-18-4-10-21(11-5-18)30(28,29)26-14-12-25(13-15-26)17-22(27)23-16-19-6-8-20(9-7-19)24(2)3/h4-11H,12-17H2,1-3H3,(H,23,27). The average molecular weight is 431 g/mol. The highest BCUT2D eigenvalue weighted by molar-refractivity contribution is 7.89. The number of nitrogens with one attached hydrogen (secondary N) is 1. The van der Waals surface area contributed by atoms with E-state index in [0.717, 1.165) is 16.8 Å². The van der Waals surface area contributed by atoms with Gasteiger partial charge in [-0.05, 0) is 36.8 Å². The molecule has 0 saturated carbocycles. The van der Waals surface area contributed by atoms with Gasteiger partial charge in [0, 0.05) is 52.5 Å². The van der Waals surface area contributed by atoms with Gasteiger partial charge in [0.2, 0.25) is 15.9 Å². The highest BCUT2D eigenvalue weighted by atomic mass is 32.2. The first-order valence-corrected chi connectivity index (χ1v) is 11.5. The smallest absolute Gasteiger partial charge is 0.243 e. The van der Waals surface area contributed by atoms with Crippen LogP contribution in [-0.2, 0) is 21.4 Å². The number of hydrogen-bond donors (Lipinski definition) is 1. The molecule has 0 atom stereocenters. The van der Waals surface area contributed by atoms with Crippen molar-refractivity contribution in [2.75, 3.05) is 51.7 Å². The van der Waals surface area contributed by atoms with E-state index in [1.165, 1.54) is 4.31 Å². The van der Waals surface area contributed by atoms with E-state index in [1.54, 1.807) is 12.1 Å². The van der Waals surface area contributed by atoms with Gasteiger partial charge in [-0.2, -0.15) is 4.31 Å². The molecule has 0 aliphatic carbocycles. The first-order valence-electron chi connectivity index (χ1n) is 10.1. The van der Waals surface area contributed by atoms with Crippen molar-refractivity contribution in [3.63, 3.8) is 0 Å². The summed E-state index contributed by atoms with van der Waals surface area (Å²) < 4.78 is 27.1. The number of nitrogens with zero attached hydrogens (tertiary/aromatic N) is 3. The Morgan fingerprint density at radius 2 is 1.57 bits per heavy atom. The molecule has 2 aromatic rings. The number of aryl methyl sites for hydroxylation is 1. The summed E-state index contributed by atoms with van der Waals surface area (Å²) in [5, 5.41) is 2.94. The summed E-state index contributed by atoms with van der Waals surface area (Å²) in [6.07, 6.45) is 0. The van der Waals surface area contributed by atoms with Crippen molar-refractivity contribution in [3.05, 3.63) is 59.7 Å². The number of amides is 1. The highest BCUT2D eigenvalue weighted by Crippen LogP contribution is 2.18. The molecule has 0 aromatic heterocycles. The van der Waals surface area contributed by atoms with Gasteiger partial charge < -0.3 is 10.2 Å². The minimum absolute atomic E-state index is 0.0541. The molecule has 1 saturated heterocycles. The zero-order valence-corrected chi connectivity index (χ0v) is 18.7. The van der Waals surface area contributed by atoms with Gasteiger partial charge in [-0.1, -0.05) is 29.8 Å². The van der Waals surface area contributed by atoms with Gasteiger partial charge in [-0.15, -0.1) is 0 Å². The van der Waals surface area contributed by atoms with Crippen LogP contribution < -0.4 is 10.2 Å². The van der Waals surface area contributed by atoms with Gasteiger partial charge in [0.05, 0.1) is 11.4 Å². The molecule has 30 heavy (non-hydrogen) atoms. The predicted octanol–water partition coefficient (Wildman–Crippen LogP) is 1.68. The lowest BCUT2D eigenvalue weighted by molar-refractivity contribution is -0.122. The number of anilines is 1. The number of sulfonamides is 1. The van der Waals surface area contributed by atoms with Crippen LogP contribution >= 0.6 is 0 Å². The fourth-order valence-corrected chi connectivity index (χ4v) is 4.78. The highest BCUT2D eigenvalue weighted by Gasteiger charge is 2.28. The molecule has 2 aromatic carbocycles. The Labute approximate surface area is 179 Å². The number of carbonyl (C=O) groups is 1. The summed E-state index contributed by atoms with van der Waals surface area (Å²) in [7, 11) is 0.493. The molecule has 1 heterocycles. The van der Waals surface area contributed by atoms with E-state index in [9.17, 15) is 13.2 Å². The summed E-state index contributed by atoms with van der Waals surface area (Å²) in [6.45, 7) is 4.53. The maximum atomic E-state index is 12.8. The SMILES string of the molecule is Cc1ccc(S(=O)(=O)N2CCN(CC(=O)NCc3ccc(N(C)C)cc3)CC2)cc1. The van der Waals surface area contributed by atoms with Gasteiger partial charge in [0.1, 0.15) is 0 Å². The number of rotatable bonds is 7. The third-order valence-corrected chi connectivity index (χ3v) is 7.21. The number of hydrogen-bond acceptors (Lipinski definition) is 5. The van der Waals surface area contributed by atoms with E-state index in [-0.39, 0.29) is 12.5 Å². The van der Waals surface area contributed by atoms with Crippen LogP contribution in [0, 0.1) is 6.92 Å². The van der Waals surface area contributed by atoms with E-state index in [0.29, 0.717) is 37.6 Å². The van der Waals surface area contributed by atoms with E-state index in [4.69, 9.17) is 0 Å². The molecule has 1 N–H and O–H groups in total. The zero-order chi connectivity index (χ0) is 21.7. The van der Waals surface area contributed by atoms with Crippen molar-refractivity contribution in [2.45, 2.75) is 18.4 Å². The Morgan fingerprint density at radius 1 is 0.967 bits per heavy atom. The number of carbonyl (C=O) groups excluding carboxylic acids is 1. The third-order valence-electron chi connectivity index (χ3n) is 5.30. The van der Waals surface area contributed by atoms with Crippen molar-refractivity contribution >= 4 is 21.6 Å². The first kappa shape index (κ1) is 22.3. The molecule has 0 bridgehead atoms. The summed E-state index contributed by atoms with van der Waals surface area (Å²) in [5.41, 5.74) is 3.19. The first-order chi connectivity index (χ1) is 14.3. The largest absolute Gasteiger partial charge is 0.378 e. The summed E-state index contributed by atoms with van der Waals surface area (Å²) >= 11 is 0. The van der Waals surface area contributed by atoms with E-state index in [1.807, 2.05) is 67.2 Å². The molecular weight excluding hydrogens is 400 g/mol. The Morgan fingerprint density at radius 3 is 2.13 bits per heavy atom. The number of benzene rings is 2. The van der Waals surface area contributed by atoms with Crippen LogP contribution in [0.1, 0.15) is 11.1 Å². The summed E-state index contributed by atoms with van der Waals surface area (Å²) in [4.78, 5) is 16.6. The summed E-state index contributed by atoms with van der Waals surface area (Å²) in [5.74, 6) is -0.0541. The van der Waals surface area contributed by atoms with Crippen molar-refractivity contribution in [3.8, 4) is 0 Å². The van der Waals surface area contributed by atoms with Crippen LogP contribution in [-0.4, -0.2) is 70.3 Å². The van der Waals surface area contributed by atoms with Crippen LogP contribution in [0.4, 0.5) is 5.69 Å². The Balaban J connectivity index is 1.46. The second-order valence-electron chi connectivity index (χ2n) is 7.83. The molecule has 0 radical (unpaired) electrons. The second-order valence-corrected chi connectivity index (χ2v) is 9.77. The molecule has 1 aliphatic rings. The third kappa shape index (κ3) is 5.59. The van der Waals surface area contributed by atoms with Crippen LogP contribution in [0.5, 0.6) is 0 Å². The van der Waals surface area contributed by atoms with Crippen molar-refractivity contribution in [1.29, 1.82) is 0 Å². The predicted molar refractivity (Wildman–Crippen MR) is 119 cm³/mol. The van der Waals surface area contributed by atoms with Crippen LogP contribution in [0.15, 0.2) is 53.4 Å². The van der Waals surface area contributed by atoms with Gasteiger partial charge in [-0.3, -0.25) is 9.69 Å². The Kier molecular flexibility index (Phi) is 7.12. The average Bonchev–Trinajstić information content (AvgIpc) is 2.73. The fraction of sp³-hybridized carbons (Fsp3) is 0.409. The lowest BCUT2D eigenvalue weighted by Gasteiger charge is -2.33. The van der Waals surface area contributed by atoms with E-state index >= 15 is 0 Å². The molecule has 1 aliphatic heterocycles. The minimum Gasteiger partial charge on any atom is -0.378 e. The summed E-state index contributed by atoms with van der Waals surface area (Å²) in [6, 6.07) is 15.0. The van der Waals surface area contributed by atoms with Crippen LogP contribution in [0.3, 0.4) is 0 Å². The molecular formula is C22H30N4O3S. The maximum Gasteiger partial charge on any atom is 0.243 e. The van der Waals surface area contributed by atoms with Gasteiger partial charge >= 0.3 is 0 Å². The van der Waals surface area contributed by atoms with Gasteiger partial charge in [0.15, 0.2) is 0 Å². The molecule has 3 rings (SSSR count). The molecule has 7 nitrogen and oxygen atoms in total.